The summed E-state index contributed by atoms with van der Waals surface area (Å²) in [5, 5.41) is 6.09. The van der Waals surface area contributed by atoms with Crippen LogP contribution in [0.5, 0.6) is 0 Å². The lowest BCUT2D eigenvalue weighted by atomic mass is 9.92. The maximum Gasteiger partial charge on any atom is 0.431 e. The molecule has 1 aliphatic rings. The summed E-state index contributed by atoms with van der Waals surface area (Å²) in [6.45, 7) is 3.89. The molecule has 26 heavy (non-hydrogen) atoms. The quantitative estimate of drug-likeness (QED) is 0.764. The monoisotopic (exact) mass is 365 g/mol. The summed E-state index contributed by atoms with van der Waals surface area (Å²) in [5.74, 6) is -0.702. The van der Waals surface area contributed by atoms with Gasteiger partial charge in [-0.25, -0.2) is 0 Å². The van der Waals surface area contributed by atoms with Gasteiger partial charge in [-0.1, -0.05) is 17.7 Å². The number of amides is 1. The van der Waals surface area contributed by atoms with Crippen molar-refractivity contribution in [3.63, 3.8) is 0 Å². The molecule has 1 aromatic heterocycles. The smallest absolute Gasteiger partial charge is 0.382 e. The van der Waals surface area contributed by atoms with Crippen LogP contribution < -0.4 is 16.2 Å². The average Bonchev–Trinajstić information content (AvgIpc) is 2.54. The molecule has 1 amide bonds. The molecule has 1 aromatic carbocycles. The summed E-state index contributed by atoms with van der Waals surface area (Å²) in [5.41, 5.74) is 0.199. The van der Waals surface area contributed by atoms with Crippen LogP contribution in [0.2, 0.25) is 0 Å². The van der Waals surface area contributed by atoms with Gasteiger partial charge in [-0.15, -0.1) is 0 Å². The molecule has 8 heteroatoms. The number of aromatic nitrogens is 1. The van der Waals surface area contributed by atoms with E-state index in [1.807, 2.05) is 32.0 Å². The first-order valence-corrected chi connectivity index (χ1v) is 8.13. The first-order chi connectivity index (χ1) is 12.1. The van der Waals surface area contributed by atoms with E-state index in [4.69, 9.17) is 0 Å². The fourth-order valence-corrected chi connectivity index (χ4v) is 3.10. The molecule has 0 fully saturated rings. The minimum absolute atomic E-state index is 0.0985. The van der Waals surface area contributed by atoms with Gasteiger partial charge in [-0.05, 0) is 44.0 Å². The number of alkyl halides is 3. The molecule has 2 atom stereocenters. The molecule has 3 N–H and O–H groups in total. The second kappa shape index (κ2) is 6.51. The van der Waals surface area contributed by atoms with Crippen molar-refractivity contribution >= 4 is 11.6 Å². The number of carbonyl (C=O) groups is 1. The van der Waals surface area contributed by atoms with Crippen molar-refractivity contribution in [1.29, 1.82) is 0 Å². The largest absolute Gasteiger partial charge is 0.431 e. The van der Waals surface area contributed by atoms with Gasteiger partial charge in [0.05, 0.1) is 6.04 Å². The van der Waals surface area contributed by atoms with Crippen molar-refractivity contribution < 1.29 is 18.0 Å². The predicted octanol–water partition coefficient (Wildman–Crippen LogP) is 3.38. The predicted molar refractivity (Wildman–Crippen MR) is 91.2 cm³/mol. The second-order valence-electron chi connectivity index (χ2n) is 6.51. The van der Waals surface area contributed by atoms with Gasteiger partial charge in [0, 0.05) is 11.7 Å². The molecule has 3 rings (SSSR count). The van der Waals surface area contributed by atoms with Gasteiger partial charge in [0.25, 0.3) is 11.5 Å². The molecule has 138 valence electrons. The lowest BCUT2D eigenvalue weighted by molar-refractivity contribution is -0.141. The van der Waals surface area contributed by atoms with E-state index < -0.39 is 23.3 Å². The summed E-state index contributed by atoms with van der Waals surface area (Å²) in [6, 6.07) is 7.17. The van der Waals surface area contributed by atoms with Crippen LogP contribution in [0, 0.1) is 6.92 Å². The van der Waals surface area contributed by atoms with Gasteiger partial charge in [-0.2, -0.15) is 13.2 Å². The number of halogens is 3. The van der Waals surface area contributed by atoms with Crippen LogP contribution in [0.3, 0.4) is 0 Å². The van der Waals surface area contributed by atoms with Crippen LogP contribution in [0.4, 0.5) is 18.9 Å². The average molecular weight is 365 g/mol. The summed E-state index contributed by atoms with van der Waals surface area (Å²) in [4.78, 5) is 26.1. The number of fused-ring (bicyclic) bond motifs is 1. The zero-order chi connectivity index (χ0) is 19.1. The molecule has 0 spiro atoms. The van der Waals surface area contributed by atoms with Crippen LogP contribution >= 0.6 is 0 Å². The Morgan fingerprint density at radius 2 is 1.96 bits per heavy atom. The first-order valence-electron chi connectivity index (χ1n) is 8.13. The van der Waals surface area contributed by atoms with Crippen molar-refractivity contribution in [2.24, 2.45) is 0 Å². The van der Waals surface area contributed by atoms with Crippen molar-refractivity contribution in [1.82, 2.24) is 10.3 Å². The fraction of sp³-hybridized carbons (Fsp3) is 0.333. The number of nitrogens with one attached hydrogen (secondary N) is 3. The van der Waals surface area contributed by atoms with Crippen molar-refractivity contribution in [3.8, 4) is 0 Å². The first kappa shape index (κ1) is 18.0. The number of aryl methyl sites for hydroxylation is 1. The molecule has 0 radical (unpaired) electrons. The van der Waals surface area contributed by atoms with E-state index in [0.29, 0.717) is 12.5 Å². The molecule has 1 aliphatic heterocycles. The van der Waals surface area contributed by atoms with Crippen LogP contribution in [-0.4, -0.2) is 16.9 Å². The van der Waals surface area contributed by atoms with E-state index in [1.165, 1.54) is 0 Å². The number of H-pyrrole nitrogens is 1. The van der Waals surface area contributed by atoms with E-state index in [1.54, 1.807) is 4.98 Å². The maximum absolute atomic E-state index is 12.6. The molecular formula is C18H18F3N3O2. The van der Waals surface area contributed by atoms with Crippen LogP contribution in [0.15, 0.2) is 35.1 Å². The van der Waals surface area contributed by atoms with E-state index in [-0.39, 0.29) is 17.6 Å². The van der Waals surface area contributed by atoms with Gasteiger partial charge in [0.15, 0.2) is 0 Å². The van der Waals surface area contributed by atoms with Crippen molar-refractivity contribution in [2.75, 3.05) is 5.32 Å². The molecule has 0 bridgehead atoms. The minimum Gasteiger partial charge on any atom is -0.382 e. The fourth-order valence-electron chi connectivity index (χ4n) is 3.10. The Labute approximate surface area is 147 Å². The number of rotatable bonds is 2. The third-order valence-electron chi connectivity index (χ3n) is 4.34. The number of anilines is 1. The van der Waals surface area contributed by atoms with Gasteiger partial charge in [-0.3, -0.25) is 9.59 Å². The Kier molecular flexibility index (Phi) is 4.52. The van der Waals surface area contributed by atoms with E-state index in [9.17, 15) is 22.8 Å². The van der Waals surface area contributed by atoms with E-state index in [0.717, 1.165) is 22.9 Å². The van der Waals surface area contributed by atoms with Crippen molar-refractivity contribution in [2.45, 2.75) is 38.5 Å². The molecule has 2 unspecified atom stereocenters. The Morgan fingerprint density at radius 3 is 2.62 bits per heavy atom. The molecule has 5 nitrogen and oxygen atoms in total. The van der Waals surface area contributed by atoms with Gasteiger partial charge < -0.3 is 15.6 Å². The number of hydrogen-bond acceptors (Lipinski definition) is 3. The third kappa shape index (κ3) is 3.58. The maximum atomic E-state index is 12.6. The standard InChI is InChI=1S/C18H18F3N3O2/c1-9-3-5-13-12(7-9)14(8-10(2)22-13)23-16(25)11-4-6-15(18(19,20)21)24-17(11)26/h3-7,10,14,22H,8H2,1-2H3,(H,23,25)(H,24,26). The van der Waals surface area contributed by atoms with Crippen LogP contribution in [0.1, 0.15) is 46.6 Å². The highest BCUT2D eigenvalue weighted by atomic mass is 19.4. The Bertz CT molecular complexity index is 905. The highest BCUT2D eigenvalue weighted by Gasteiger charge is 2.33. The zero-order valence-corrected chi connectivity index (χ0v) is 14.2. The summed E-state index contributed by atoms with van der Waals surface area (Å²) in [6.07, 6.45) is -4.07. The van der Waals surface area contributed by atoms with E-state index in [2.05, 4.69) is 10.6 Å². The summed E-state index contributed by atoms with van der Waals surface area (Å²) >= 11 is 0. The summed E-state index contributed by atoms with van der Waals surface area (Å²) < 4.78 is 37.9. The number of benzene rings is 1. The molecule has 0 saturated carbocycles. The highest BCUT2D eigenvalue weighted by molar-refractivity contribution is 5.94. The number of hydrogen-bond donors (Lipinski definition) is 3. The second-order valence-corrected chi connectivity index (χ2v) is 6.51. The topological polar surface area (TPSA) is 74.0 Å². The van der Waals surface area contributed by atoms with Crippen LogP contribution in [-0.2, 0) is 6.18 Å². The van der Waals surface area contributed by atoms with Gasteiger partial charge in [0.2, 0.25) is 0 Å². The normalized spacial score (nSPS) is 19.4. The number of pyridine rings is 1. The zero-order valence-electron chi connectivity index (χ0n) is 14.2. The third-order valence-corrected chi connectivity index (χ3v) is 4.34. The molecular weight excluding hydrogens is 347 g/mol. The van der Waals surface area contributed by atoms with Gasteiger partial charge in [0.1, 0.15) is 11.3 Å². The number of aromatic amines is 1. The molecule has 2 aromatic rings. The Balaban J connectivity index is 1.87. The Morgan fingerprint density at radius 1 is 1.23 bits per heavy atom. The lowest BCUT2D eigenvalue weighted by Gasteiger charge is -2.32. The highest BCUT2D eigenvalue weighted by Crippen LogP contribution is 2.33. The summed E-state index contributed by atoms with van der Waals surface area (Å²) in [7, 11) is 0. The molecule has 2 heterocycles. The van der Waals surface area contributed by atoms with Crippen LogP contribution in [0.25, 0.3) is 0 Å². The van der Waals surface area contributed by atoms with Crippen molar-refractivity contribution in [3.05, 3.63) is 63.1 Å². The minimum atomic E-state index is -4.67. The van der Waals surface area contributed by atoms with E-state index >= 15 is 0 Å². The molecule has 0 saturated heterocycles. The number of carbonyl (C=O) groups excluding carboxylic acids is 1. The lowest BCUT2D eigenvalue weighted by Crippen LogP contribution is -2.38. The Hall–Kier alpha value is -2.77. The van der Waals surface area contributed by atoms with Gasteiger partial charge >= 0.3 is 6.18 Å². The SMILES string of the molecule is Cc1ccc2c(c1)C(NC(=O)c1ccc(C(F)(F)F)[nH]c1=O)CC(C)N2. The molecule has 0 aliphatic carbocycles.